The Labute approximate surface area is 205 Å². The van der Waals surface area contributed by atoms with Crippen LogP contribution < -0.4 is 5.73 Å². The average Bonchev–Trinajstić information content (AvgIpc) is 3.69. The third-order valence-electron chi connectivity index (χ3n) is 4.30. The van der Waals surface area contributed by atoms with E-state index in [1.54, 1.807) is 7.11 Å². The van der Waals surface area contributed by atoms with Crippen LogP contribution in [-0.2, 0) is 42.6 Å². The number of aliphatic hydroxyl groups excluding tert-OH is 1. The highest BCUT2D eigenvalue weighted by Gasteiger charge is 2.17. The van der Waals surface area contributed by atoms with Crippen LogP contribution in [0.25, 0.3) is 0 Å². The monoisotopic (exact) mass is 499 g/mol. The number of methoxy groups -OCH3 is 1. The summed E-state index contributed by atoms with van der Waals surface area (Å²) in [5.74, 6) is 0.912. The van der Waals surface area contributed by atoms with Crippen molar-refractivity contribution in [2.45, 2.75) is 12.8 Å². The lowest BCUT2D eigenvalue weighted by Gasteiger charge is -2.08. The molecule has 0 atom stereocenters. The maximum absolute atomic E-state index is 8.53. The molecule has 0 bridgehead atoms. The molecule has 11 nitrogen and oxygen atoms in total. The number of hydrogen-bond acceptors (Lipinski definition) is 11. The maximum Gasteiger partial charge on any atom is 0.0701 e. The zero-order valence-electron chi connectivity index (χ0n) is 21.1. The molecular formula is C23H49NO10. The van der Waals surface area contributed by atoms with E-state index in [4.69, 9.17) is 53.5 Å². The molecule has 0 aromatic rings. The van der Waals surface area contributed by atoms with Gasteiger partial charge in [-0.15, -0.1) is 0 Å². The predicted octanol–water partition coefficient (Wildman–Crippen LogP) is 0.113. The highest BCUT2D eigenvalue weighted by molar-refractivity contribution is 4.72. The summed E-state index contributed by atoms with van der Waals surface area (Å²) in [5.41, 5.74) is 5.23. The molecule has 0 radical (unpaired) electrons. The van der Waals surface area contributed by atoms with Gasteiger partial charge >= 0.3 is 0 Å². The number of aliphatic hydroxyl groups is 1. The van der Waals surface area contributed by atoms with E-state index >= 15 is 0 Å². The van der Waals surface area contributed by atoms with Gasteiger partial charge in [0.1, 0.15) is 0 Å². The third kappa shape index (κ3) is 31.6. The van der Waals surface area contributed by atoms with Crippen LogP contribution in [0.4, 0.5) is 0 Å². The minimum Gasteiger partial charge on any atom is -0.394 e. The standard InChI is InChI=1S/C19H40O10.C4H9N/c1-21-4-5-23-8-9-25-12-13-27-16-17-29-19-18-28-15-14-26-11-10-24-7-6-22-3-2-20;5-3-4-1-2-4/h20H,2-19H2,1H3;4H,1-3,5H2. The van der Waals surface area contributed by atoms with Gasteiger partial charge in [-0.1, -0.05) is 0 Å². The van der Waals surface area contributed by atoms with Crippen molar-refractivity contribution in [3.63, 3.8) is 0 Å². The summed E-state index contributed by atoms with van der Waals surface area (Å²) >= 11 is 0. The first kappa shape index (κ1) is 33.6. The zero-order chi connectivity index (χ0) is 24.8. The summed E-state index contributed by atoms with van der Waals surface area (Å²) in [6, 6.07) is 0. The molecule has 1 aliphatic rings. The summed E-state index contributed by atoms with van der Waals surface area (Å²) in [7, 11) is 1.64. The van der Waals surface area contributed by atoms with Crippen molar-refractivity contribution in [2.75, 3.05) is 133 Å². The second kappa shape index (κ2) is 30.6. The van der Waals surface area contributed by atoms with Gasteiger partial charge in [-0.2, -0.15) is 0 Å². The van der Waals surface area contributed by atoms with Gasteiger partial charge in [0.2, 0.25) is 0 Å². The topological polar surface area (TPSA) is 129 Å². The lowest BCUT2D eigenvalue weighted by Crippen LogP contribution is -2.15. The molecule has 0 amide bonds. The Morgan fingerprint density at radius 1 is 0.500 bits per heavy atom. The Bertz CT molecular complexity index is 339. The number of hydrogen-bond donors (Lipinski definition) is 2. The Morgan fingerprint density at radius 2 is 0.765 bits per heavy atom. The van der Waals surface area contributed by atoms with Crippen LogP contribution in [0.3, 0.4) is 0 Å². The van der Waals surface area contributed by atoms with Crippen LogP contribution in [0.5, 0.6) is 0 Å². The molecule has 0 spiro atoms. The maximum atomic E-state index is 8.53. The fraction of sp³-hybridized carbons (Fsp3) is 1.00. The van der Waals surface area contributed by atoms with Crippen molar-refractivity contribution < 1.29 is 47.7 Å². The van der Waals surface area contributed by atoms with Crippen LogP contribution in [0.1, 0.15) is 12.8 Å². The number of ether oxygens (including phenoxy) is 9. The quantitative estimate of drug-likeness (QED) is 0.149. The molecule has 11 heteroatoms. The lowest BCUT2D eigenvalue weighted by molar-refractivity contribution is -0.0248. The van der Waals surface area contributed by atoms with Crippen molar-refractivity contribution >= 4 is 0 Å². The summed E-state index contributed by atoms with van der Waals surface area (Å²) in [6.45, 7) is 9.82. The largest absolute Gasteiger partial charge is 0.394 e. The van der Waals surface area contributed by atoms with E-state index < -0.39 is 0 Å². The van der Waals surface area contributed by atoms with Crippen molar-refractivity contribution in [1.82, 2.24) is 0 Å². The smallest absolute Gasteiger partial charge is 0.0701 e. The molecule has 0 aromatic carbocycles. The molecule has 0 unspecified atom stereocenters. The number of nitrogens with two attached hydrogens (primary N) is 1. The third-order valence-corrected chi connectivity index (χ3v) is 4.30. The van der Waals surface area contributed by atoms with Gasteiger partial charge < -0.3 is 53.5 Å². The van der Waals surface area contributed by atoms with Gasteiger partial charge in [-0.3, -0.25) is 0 Å². The zero-order valence-corrected chi connectivity index (χ0v) is 21.1. The van der Waals surface area contributed by atoms with Gasteiger partial charge in [-0.25, -0.2) is 0 Å². The first-order chi connectivity index (χ1) is 16.8. The fourth-order valence-corrected chi connectivity index (χ4v) is 2.20. The van der Waals surface area contributed by atoms with E-state index in [-0.39, 0.29) is 6.61 Å². The molecule has 0 heterocycles. The minimum atomic E-state index is 0.0322. The molecule has 1 fully saturated rings. The summed E-state index contributed by atoms with van der Waals surface area (Å²) < 4.78 is 47.4. The molecule has 0 saturated heterocycles. The molecule has 0 aromatic heterocycles. The van der Waals surface area contributed by atoms with Gasteiger partial charge in [0.15, 0.2) is 0 Å². The Morgan fingerprint density at radius 3 is 0.941 bits per heavy atom. The van der Waals surface area contributed by atoms with Gasteiger partial charge in [0, 0.05) is 7.11 Å². The van der Waals surface area contributed by atoms with E-state index in [2.05, 4.69) is 0 Å². The Hall–Kier alpha value is -0.440. The molecule has 1 rings (SSSR count). The second-order valence-electron chi connectivity index (χ2n) is 7.29. The number of rotatable bonds is 27. The van der Waals surface area contributed by atoms with Gasteiger partial charge in [-0.05, 0) is 25.3 Å². The molecule has 1 saturated carbocycles. The highest BCUT2D eigenvalue weighted by atomic mass is 16.6. The van der Waals surface area contributed by atoms with E-state index in [9.17, 15) is 0 Å². The molecular weight excluding hydrogens is 450 g/mol. The van der Waals surface area contributed by atoms with Gasteiger partial charge in [0.25, 0.3) is 0 Å². The normalized spacial score (nSPS) is 13.1. The average molecular weight is 500 g/mol. The summed E-state index contributed by atoms with van der Waals surface area (Å²) in [5, 5.41) is 8.53. The Kier molecular flexibility index (Phi) is 30.2. The van der Waals surface area contributed by atoms with Crippen molar-refractivity contribution in [3.8, 4) is 0 Å². The van der Waals surface area contributed by atoms with E-state index in [1.807, 2.05) is 0 Å². The lowest BCUT2D eigenvalue weighted by atomic mass is 10.5. The van der Waals surface area contributed by atoms with Crippen LogP contribution in [-0.4, -0.2) is 138 Å². The highest BCUT2D eigenvalue weighted by Crippen LogP contribution is 2.26. The predicted molar refractivity (Wildman–Crippen MR) is 127 cm³/mol. The molecule has 206 valence electrons. The van der Waals surface area contributed by atoms with Crippen LogP contribution >= 0.6 is 0 Å². The summed E-state index contributed by atoms with van der Waals surface area (Å²) in [6.07, 6.45) is 2.77. The fourth-order valence-electron chi connectivity index (χ4n) is 2.20. The molecule has 1 aliphatic carbocycles. The minimum absolute atomic E-state index is 0.0322. The van der Waals surface area contributed by atoms with Crippen LogP contribution in [0.15, 0.2) is 0 Å². The van der Waals surface area contributed by atoms with E-state index in [0.29, 0.717) is 112 Å². The first-order valence-corrected chi connectivity index (χ1v) is 12.3. The molecule has 0 aliphatic heterocycles. The van der Waals surface area contributed by atoms with Crippen LogP contribution in [0.2, 0.25) is 0 Å². The first-order valence-electron chi connectivity index (χ1n) is 12.3. The van der Waals surface area contributed by atoms with Crippen molar-refractivity contribution in [3.05, 3.63) is 0 Å². The Balaban J connectivity index is 0.00000190. The second-order valence-corrected chi connectivity index (χ2v) is 7.29. The molecule has 34 heavy (non-hydrogen) atoms. The van der Waals surface area contributed by atoms with Crippen molar-refractivity contribution in [1.29, 1.82) is 0 Å². The molecule has 3 N–H and O–H groups in total. The van der Waals surface area contributed by atoms with Crippen molar-refractivity contribution in [2.24, 2.45) is 11.7 Å². The summed E-state index contributed by atoms with van der Waals surface area (Å²) in [4.78, 5) is 0. The van der Waals surface area contributed by atoms with E-state index in [0.717, 1.165) is 12.5 Å². The van der Waals surface area contributed by atoms with Crippen LogP contribution in [0, 0.1) is 5.92 Å². The van der Waals surface area contributed by atoms with Gasteiger partial charge in [0.05, 0.1) is 119 Å². The van der Waals surface area contributed by atoms with E-state index in [1.165, 1.54) is 12.8 Å². The SMILES string of the molecule is COCCOCCOCCOCCOCCOCCOCCOCCOCCO.NCC1CC1.